The quantitative estimate of drug-likeness (QED) is 0.683. The molecule has 20 heavy (non-hydrogen) atoms. The predicted molar refractivity (Wildman–Crippen MR) is 80.6 cm³/mol. The lowest BCUT2D eigenvalue weighted by molar-refractivity contribution is 0.0696. The Hall–Kier alpha value is -2.20. The van der Waals surface area contributed by atoms with Crippen LogP contribution in [0, 0.1) is 13.8 Å². The van der Waals surface area contributed by atoms with Gasteiger partial charge in [0.05, 0.1) is 5.56 Å². The number of carboxylic acids is 1. The van der Waals surface area contributed by atoms with Gasteiger partial charge in [-0.15, -0.1) is 11.3 Å². The molecule has 2 rings (SSSR count). The number of hydrogen-bond acceptors (Lipinski definition) is 3. The summed E-state index contributed by atoms with van der Waals surface area (Å²) >= 11 is 1.60. The second kappa shape index (κ2) is 5.84. The second-order valence-corrected chi connectivity index (χ2v) is 5.91. The second-order valence-electron chi connectivity index (χ2n) is 4.45. The molecule has 0 bridgehead atoms. The molecule has 1 N–H and O–H groups in total. The summed E-state index contributed by atoms with van der Waals surface area (Å²) in [7, 11) is 0. The maximum atomic E-state index is 12.1. The smallest absolute Gasteiger partial charge is 0.335 e. The summed E-state index contributed by atoms with van der Waals surface area (Å²) in [6.07, 6.45) is 3.21. The van der Waals surface area contributed by atoms with E-state index in [9.17, 15) is 9.59 Å². The summed E-state index contributed by atoms with van der Waals surface area (Å²) < 4.78 is 0. The molecule has 1 aromatic heterocycles. The van der Waals surface area contributed by atoms with Gasteiger partial charge in [-0.2, -0.15) is 0 Å². The number of rotatable bonds is 4. The lowest BCUT2D eigenvalue weighted by Gasteiger charge is -1.96. The first-order valence-corrected chi connectivity index (χ1v) is 6.92. The molecule has 0 aliphatic carbocycles. The minimum absolute atomic E-state index is 0.0332. The van der Waals surface area contributed by atoms with Gasteiger partial charge in [-0.05, 0) is 43.7 Å². The van der Waals surface area contributed by atoms with Crippen molar-refractivity contribution in [3.8, 4) is 0 Å². The maximum absolute atomic E-state index is 12.1. The Kier molecular flexibility index (Phi) is 4.15. The van der Waals surface area contributed by atoms with E-state index in [1.165, 1.54) is 18.2 Å². The van der Waals surface area contributed by atoms with Crippen molar-refractivity contribution in [1.29, 1.82) is 0 Å². The van der Waals surface area contributed by atoms with E-state index >= 15 is 0 Å². The topological polar surface area (TPSA) is 54.4 Å². The summed E-state index contributed by atoms with van der Waals surface area (Å²) in [5.41, 5.74) is 1.76. The first-order valence-electron chi connectivity index (χ1n) is 6.10. The molecule has 0 amide bonds. The highest BCUT2D eigenvalue weighted by Crippen LogP contribution is 2.21. The average Bonchev–Trinajstić information content (AvgIpc) is 2.75. The van der Waals surface area contributed by atoms with Gasteiger partial charge in [0.2, 0.25) is 0 Å². The molecule has 0 aliphatic rings. The minimum Gasteiger partial charge on any atom is -0.478 e. The Morgan fingerprint density at radius 2 is 1.80 bits per heavy atom. The normalized spacial score (nSPS) is 10.9. The van der Waals surface area contributed by atoms with Crippen molar-refractivity contribution in [3.05, 3.63) is 62.9 Å². The molecule has 0 fully saturated rings. The van der Waals surface area contributed by atoms with Crippen LogP contribution in [0.5, 0.6) is 0 Å². The SMILES string of the molecule is Cc1cc(C(=O)/C=C/c2ccc(C(=O)O)cc2)c(C)s1. The molecule has 0 aliphatic heterocycles. The van der Waals surface area contributed by atoms with Crippen LogP contribution in [0.3, 0.4) is 0 Å². The van der Waals surface area contributed by atoms with Gasteiger partial charge in [0.1, 0.15) is 0 Å². The Balaban J connectivity index is 2.15. The summed E-state index contributed by atoms with van der Waals surface area (Å²) in [6, 6.07) is 8.29. The molecule has 0 spiro atoms. The minimum atomic E-state index is -0.957. The third-order valence-electron chi connectivity index (χ3n) is 2.89. The molecule has 3 nitrogen and oxygen atoms in total. The van der Waals surface area contributed by atoms with Crippen molar-refractivity contribution in [2.45, 2.75) is 13.8 Å². The molecule has 4 heteroatoms. The van der Waals surface area contributed by atoms with E-state index in [2.05, 4.69) is 0 Å². The summed E-state index contributed by atoms with van der Waals surface area (Å²) in [5.74, 6) is -0.991. The number of hydrogen-bond donors (Lipinski definition) is 1. The highest BCUT2D eigenvalue weighted by atomic mass is 32.1. The molecule has 0 unspecified atom stereocenters. The highest BCUT2D eigenvalue weighted by molar-refractivity contribution is 7.12. The fourth-order valence-electron chi connectivity index (χ4n) is 1.87. The van der Waals surface area contributed by atoms with E-state index in [1.54, 1.807) is 29.5 Å². The molecule has 0 atom stereocenters. The van der Waals surface area contributed by atoms with Gasteiger partial charge in [0, 0.05) is 15.3 Å². The van der Waals surface area contributed by atoms with E-state index in [4.69, 9.17) is 5.11 Å². The number of ketones is 1. The van der Waals surface area contributed by atoms with E-state index in [-0.39, 0.29) is 11.3 Å². The number of allylic oxidation sites excluding steroid dienone is 1. The number of carbonyl (C=O) groups excluding carboxylic acids is 1. The predicted octanol–water partition coefficient (Wildman–Crippen LogP) is 3.96. The van der Waals surface area contributed by atoms with Crippen LogP contribution in [0.15, 0.2) is 36.4 Å². The monoisotopic (exact) mass is 286 g/mol. The largest absolute Gasteiger partial charge is 0.478 e. The van der Waals surface area contributed by atoms with E-state index in [1.807, 2.05) is 19.9 Å². The van der Waals surface area contributed by atoms with Crippen molar-refractivity contribution >= 4 is 29.2 Å². The molecule has 0 saturated heterocycles. The van der Waals surface area contributed by atoms with Crippen LogP contribution in [0.4, 0.5) is 0 Å². The molecule has 0 radical (unpaired) electrons. The van der Waals surface area contributed by atoms with Gasteiger partial charge in [0.25, 0.3) is 0 Å². The Labute approximate surface area is 121 Å². The van der Waals surface area contributed by atoms with Crippen LogP contribution in [-0.4, -0.2) is 16.9 Å². The standard InChI is InChI=1S/C16H14O3S/c1-10-9-14(11(2)20-10)15(17)8-5-12-3-6-13(7-4-12)16(18)19/h3-9H,1-2H3,(H,18,19)/b8-5+. The third-order valence-corrected chi connectivity index (χ3v) is 3.86. The van der Waals surface area contributed by atoms with Crippen molar-refractivity contribution in [2.24, 2.45) is 0 Å². The summed E-state index contributed by atoms with van der Waals surface area (Å²) in [4.78, 5) is 24.9. The van der Waals surface area contributed by atoms with Crippen molar-refractivity contribution in [1.82, 2.24) is 0 Å². The molecule has 2 aromatic rings. The van der Waals surface area contributed by atoms with Crippen LogP contribution in [-0.2, 0) is 0 Å². The van der Waals surface area contributed by atoms with Gasteiger partial charge in [-0.1, -0.05) is 18.2 Å². The number of carbonyl (C=O) groups is 2. The fraction of sp³-hybridized carbons (Fsp3) is 0.125. The lowest BCUT2D eigenvalue weighted by atomic mass is 10.1. The molecule has 102 valence electrons. The zero-order valence-electron chi connectivity index (χ0n) is 11.2. The Morgan fingerprint density at radius 1 is 1.15 bits per heavy atom. The van der Waals surface area contributed by atoms with Gasteiger partial charge >= 0.3 is 5.97 Å². The van der Waals surface area contributed by atoms with Gasteiger partial charge < -0.3 is 5.11 Å². The van der Waals surface area contributed by atoms with E-state index < -0.39 is 5.97 Å². The van der Waals surface area contributed by atoms with Crippen molar-refractivity contribution in [3.63, 3.8) is 0 Å². The lowest BCUT2D eigenvalue weighted by Crippen LogP contribution is -1.95. The Morgan fingerprint density at radius 3 is 2.30 bits per heavy atom. The Bertz CT molecular complexity index is 678. The van der Waals surface area contributed by atoms with Crippen LogP contribution in [0.2, 0.25) is 0 Å². The van der Waals surface area contributed by atoms with Crippen LogP contribution in [0.1, 0.15) is 36.0 Å². The van der Waals surface area contributed by atoms with E-state index in [0.717, 1.165) is 20.9 Å². The number of thiophene rings is 1. The zero-order valence-corrected chi connectivity index (χ0v) is 12.0. The number of benzene rings is 1. The molecule has 0 saturated carbocycles. The van der Waals surface area contributed by atoms with Gasteiger partial charge in [0.15, 0.2) is 5.78 Å². The summed E-state index contributed by atoms with van der Waals surface area (Å²) in [6.45, 7) is 3.91. The van der Waals surface area contributed by atoms with Gasteiger partial charge in [-0.25, -0.2) is 4.79 Å². The number of aryl methyl sites for hydroxylation is 2. The van der Waals surface area contributed by atoms with Crippen LogP contribution in [0.25, 0.3) is 6.08 Å². The third kappa shape index (κ3) is 3.22. The first-order chi connectivity index (χ1) is 9.47. The molecular weight excluding hydrogens is 272 g/mol. The molecule has 1 aromatic carbocycles. The number of aromatic carboxylic acids is 1. The highest BCUT2D eigenvalue weighted by Gasteiger charge is 2.08. The molecule has 1 heterocycles. The zero-order chi connectivity index (χ0) is 14.7. The summed E-state index contributed by atoms with van der Waals surface area (Å²) in [5, 5.41) is 8.80. The van der Waals surface area contributed by atoms with Crippen molar-refractivity contribution in [2.75, 3.05) is 0 Å². The maximum Gasteiger partial charge on any atom is 0.335 e. The fourth-order valence-corrected chi connectivity index (χ4v) is 2.80. The van der Waals surface area contributed by atoms with Crippen LogP contribution >= 0.6 is 11.3 Å². The van der Waals surface area contributed by atoms with Gasteiger partial charge in [-0.3, -0.25) is 4.79 Å². The number of carboxylic acid groups (broad SMARTS) is 1. The van der Waals surface area contributed by atoms with E-state index in [0.29, 0.717) is 0 Å². The van der Waals surface area contributed by atoms with Crippen LogP contribution < -0.4 is 0 Å². The first kappa shape index (κ1) is 14.2. The average molecular weight is 286 g/mol. The van der Waals surface area contributed by atoms with Crippen molar-refractivity contribution < 1.29 is 14.7 Å². The molecular formula is C16H14O3S.